The Morgan fingerprint density at radius 3 is 2.68 bits per heavy atom. The third-order valence-corrected chi connectivity index (χ3v) is 5.40. The minimum Gasteiger partial charge on any atom is -0.383 e. The van der Waals surface area contributed by atoms with Crippen molar-refractivity contribution in [3.63, 3.8) is 0 Å². The Morgan fingerprint density at radius 2 is 2.07 bits per heavy atom. The van der Waals surface area contributed by atoms with Crippen LogP contribution in [0.2, 0.25) is 5.02 Å². The summed E-state index contributed by atoms with van der Waals surface area (Å²) in [6.45, 7) is 4.36. The lowest BCUT2D eigenvalue weighted by molar-refractivity contribution is 0.0710. The number of carbonyl (C=O) groups is 1. The van der Waals surface area contributed by atoms with E-state index in [0.717, 1.165) is 11.9 Å². The minimum absolute atomic E-state index is 0.101. The molecule has 1 saturated heterocycles. The second kappa shape index (κ2) is 8.87. The molecule has 1 fully saturated rings. The molecule has 7 nitrogen and oxygen atoms in total. The Morgan fingerprint density at radius 1 is 1.36 bits per heavy atom. The molecule has 2 aromatic rings. The Kier molecular flexibility index (Phi) is 6.51. The van der Waals surface area contributed by atoms with Gasteiger partial charge < -0.3 is 9.64 Å². The van der Waals surface area contributed by atoms with Crippen molar-refractivity contribution >= 4 is 17.5 Å². The van der Waals surface area contributed by atoms with Crippen LogP contribution in [0.3, 0.4) is 0 Å². The number of methoxy groups -OCH3 is 1. The van der Waals surface area contributed by atoms with E-state index >= 15 is 0 Å². The highest BCUT2D eigenvalue weighted by atomic mass is 35.5. The van der Waals surface area contributed by atoms with Crippen molar-refractivity contribution in [2.75, 3.05) is 26.8 Å². The number of halogens is 2. The molecular formula is C19H24ClFN4O3. The predicted molar refractivity (Wildman–Crippen MR) is 103 cm³/mol. The van der Waals surface area contributed by atoms with Crippen molar-refractivity contribution in [1.82, 2.24) is 19.2 Å². The van der Waals surface area contributed by atoms with Gasteiger partial charge in [-0.1, -0.05) is 11.6 Å². The Hall–Kier alpha value is -2.19. The lowest BCUT2D eigenvalue weighted by atomic mass is 9.95. The Labute approximate surface area is 167 Å². The summed E-state index contributed by atoms with van der Waals surface area (Å²) in [5.41, 5.74) is 0.168. The molecule has 0 spiro atoms. The average Bonchev–Trinajstić information content (AvgIpc) is 3.01. The summed E-state index contributed by atoms with van der Waals surface area (Å²) in [5, 5.41) is 4.63. The average molecular weight is 411 g/mol. The highest BCUT2D eigenvalue weighted by Gasteiger charge is 2.29. The summed E-state index contributed by atoms with van der Waals surface area (Å²) >= 11 is 6.02. The fourth-order valence-electron chi connectivity index (χ4n) is 3.55. The number of hydrogen-bond donors (Lipinski definition) is 0. The maximum absolute atomic E-state index is 13.2. The van der Waals surface area contributed by atoms with Crippen molar-refractivity contribution < 1.29 is 13.9 Å². The van der Waals surface area contributed by atoms with E-state index in [2.05, 4.69) is 5.10 Å². The number of benzene rings is 1. The van der Waals surface area contributed by atoms with Crippen LogP contribution in [0.5, 0.6) is 0 Å². The number of aromatic nitrogens is 3. The number of rotatable bonds is 6. The van der Waals surface area contributed by atoms with E-state index in [9.17, 15) is 14.0 Å². The number of amides is 1. The van der Waals surface area contributed by atoms with Gasteiger partial charge in [-0.25, -0.2) is 13.9 Å². The number of ether oxygens (including phenoxy) is 1. The van der Waals surface area contributed by atoms with Crippen LogP contribution in [0.4, 0.5) is 4.39 Å². The molecular weight excluding hydrogens is 387 g/mol. The van der Waals surface area contributed by atoms with Crippen LogP contribution in [0.15, 0.2) is 23.0 Å². The number of nitrogens with zero attached hydrogens (tertiary/aromatic N) is 4. The molecule has 0 N–H and O–H groups in total. The first-order valence-corrected chi connectivity index (χ1v) is 9.74. The second-order valence-corrected chi connectivity index (χ2v) is 7.20. The van der Waals surface area contributed by atoms with Crippen LogP contribution in [-0.4, -0.2) is 52.0 Å². The third-order valence-electron chi connectivity index (χ3n) is 5.08. The molecule has 0 atom stereocenters. The molecule has 2 heterocycles. The van der Waals surface area contributed by atoms with Crippen molar-refractivity contribution in [1.29, 1.82) is 0 Å². The lowest BCUT2D eigenvalue weighted by Crippen LogP contribution is -2.38. The zero-order valence-electron chi connectivity index (χ0n) is 16.0. The van der Waals surface area contributed by atoms with Gasteiger partial charge in [-0.15, -0.1) is 0 Å². The van der Waals surface area contributed by atoms with Gasteiger partial charge in [0.1, 0.15) is 11.6 Å². The largest absolute Gasteiger partial charge is 0.383 e. The van der Waals surface area contributed by atoms with E-state index in [1.165, 1.54) is 16.8 Å². The van der Waals surface area contributed by atoms with Crippen LogP contribution in [0, 0.1) is 5.82 Å². The van der Waals surface area contributed by atoms with E-state index in [1.54, 1.807) is 16.6 Å². The maximum Gasteiger partial charge on any atom is 0.345 e. The molecule has 1 aromatic heterocycles. The van der Waals surface area contributed by atoms with Gasteiger partial charge in [0.25, 0.3) is 5.91 Å². The summed E-state index contributed by atoms with van der Waals surface area (Å²) in [4.78, 5) is 26.9. The van der Waals surface area contributed by atoms with Crippen molar-refractivity contribution in [3.8, 4) is 0 Å². The molecule has 9 heteroatoms. The number of hydrogen-bond acceptors (Lipinski definition) is 4. The fourth-order valence-corrected chi connectivity index (χ4v) is 3.80. The van der Waals surface area contributed by atoms with Crippen LogP contribution in [0.25, 0.3) is 0 Å². The van der Waals surface area contributed by atoms with Crippen LogP contribution >= 0.6 is 11.6 Å². The summed E-state index contributed by atoms with van der Waals surface area (Å²) in [6, 6.07) is 3.80. The molecule has 0 unspecified atom stereocenters. The van der Waals surface area contributed by atoms with E-state index in [1.807, 2.05) is 6.92 Å². The van der Waals surface area contributed by atoms with E-state index in [-0.39, 0.29) is 22.5 Å². The zero-order valence-corrected chi connectivity index (χ0v) is 16.8. The Bertz CT molecular complexity index is 903. The summed E-state index contributed by atoms with van der Waals surface area (Å²) in [5.74, 6) is 0.184. The fraction of sp³-hybridized carbons (Fsp3) is 0.526. The topological polar surface area (TPSA) is 69.4 Å². The molecule has 0 bridgehead atoms. The molecule has 3 rings (SSSR count). The Balaban J connectivity index is 1.71. The molecule has 28 heavy (non-hydrogen) atoms. The van der Waals surface area contributed by atoms with Gasteiger partial charge in [0, 0.05) is 32.7 Å². The van der Waals surface area contributed by atoms with Crippen molar-refractivity contribution in [2.24, 2.45) is 0 Å². The van der Waals surface area contributed by atoms with Gasteiger partial charge in [0.2, 0.25) is 0 Å². The lowest BCUT2D eigenvalue weighted by Gasteiger charge is -2.31. The highest BCUT2D eigenvalue weighted by molar-refractivity contribution is 6.33. The summed E-state index contributed by atoms with van der Waals surface area (Å²) in [7, 11) is 1.59. The highest BCUT2D eigenvalue weighted by Crippen LogP contribution is 2.28. The number of likely N-dealkylation sites (tertiary alicyclic amines) is 1. The maximum atomic E-state index is 13.2. The third kappa shape index (κ3) is 4.12. The molecule has 0 saturated carbocycles. The zero-order chi connectivity index (χ0) is 20.3. The van der Waals surface area contributed by atoms with Gasteiger partial charge in [-0.3, -0.25) is 9.36 Å². The van der Waals surface area contributed by atoms with Crippen molar-refractivity contribution in [3.05, 3.63) is 50.9 Å². The van der Waals surface area contributed by atoms with Gasteiger partial charge in [0.05, 0.1) is 23.7 Å². The van der Waals surface area contributed by atoms with Crippen LogP contribution in [0.1, 0.15) is 41.9 Å². The molecule has 1 aliphatic heterocycles. The van der Waals surface area contributed by atoms with E-state index < -0.39 is 5.82 Å². The number of piperidine rings is 1. The van der Waals surface area contributed by atoms with Crippen LogP contribution < -0.4 is 5.69 Å². The van der Waals surface area contributed by atoms with Crippen LogP contribution in [-0.2, 0) is 17.8 Å². The first kappa shape index (κ1) is 20.5. The summed E-state index contributed by atoms with van der Waals surface area (Å²) in [6.07, 6.45) is 1.40. The monoisotopic (exact) mass is 410 g/mol. The predicted octanol–water partition coefficient (Wildman–Crippen LogP) is 2.52. The standard InChI is InChI=1S/C19H24ClFN4O3/c1-3-24-17(22-25(19(24)27)10-11-28-2)13-6-8-23(9-7-13)18(26)15-5-4-14(21)12-16(15)20/h4-5,12-13H,3,6-11H2,1-2H3. The van der Waals surface area contributed by atoms with Gasteiger partial charge in [0.15, 0.2) is 0 Å². The summed E-state index contributed by atoms with van der Waals surface area (Å²) < 4.78 is 21.4. The van der Waals surface area contributed by atoms with Gasteiger partial charge in [-0.2, -0.15) is 5.10 Å². The first-order chi connectivity index (χ1) is 13.5. The van der Waals surface area contributed by atoms with Gasteiger partial charge in [-0.05, 0) is 38.0 Å². The minimum atomic E-state index is -0.471. The molecule has 1 amide bonds. The molecule has 0 aliphatic carbocycles. The normalized spacial score (nSPS) is 15.2. The molecule has 1 aliphatic rings. The first-order valence-electron chi connectivity index (χ1n) is 9.37. The second-order valence-electron chi connectivity index (χ2n) is 6.79. The van der Waals surface area contributed by atoms with E-state index in [0.29, 0.717) is 51.2 Å². The molecule has 152 valence electrons. The quantitative estimate of drug-likeness (QED) is 0.733. The van der Waals surface area contributed by atoms with E-state index in [4.69, 9.17) is 16.3 Å². The van der Waals surface area contributed by atoms with Crippen molar-refractivity contribution in [2.45, 2.75) is 38.8 Å². The van der Waals surface area contributed by atoms with Gasteiger partial charge >= 0.3 is 5.69 Å². The number of carbonyl (C=O) groups excluding carboxylic acids is 1. The molecule has 0 radical (unpaired) electrons. The smallest absolute Gasteiger partial charge is 0.345 e. The molecule has 1 aromatic carbocycles. The SMILES string of the molecule is CCn1c(C2CCN(C(=O)c3ccc(F)cc3Cl)CC2)nn(CCOC)c1=O.